The minimum Gasteiger partial charge on any atom is -0.465 e. The molecule has 0 radical (unpaired) electrons. The molecular weight excluding hydrogens is 350 g/mol. The number of carbonyl (C=O) groups is 1. The summed E-state index contributed by atoms with van der Waals surface area (Å²) in [6.45, 7) is 6.56. The van der Waals surface area contributed by atoms with Gasteiger partial charge >= 0.3 is 6.09 Å². The van der Waals surface area contributed by atoms with E-state index in [1.165, 1.54) is 10.5 Å². The highest BCUT2D eigenvalue weighted by Crippen LogP contribution is 2.24. The molecule has 1 amide bonds. The number of thioether (sulfide) groups is 1. The van der Waals surface area contributed by atoms with E-state index in [4.69, 9.17) is 9.84 Å². The molecule has 1 aromatic carbocycles. The molecule has 0 aliphatic carbocycles. The fraction of sp³-hybridized carbons (Fsp3) is 0.421. The first-order valence-electron chi connectivity index (χ1n) is 8.71. The molecule has 1 aliphatic heterocycles. The van der Waals surface area contributed by atoms with Crippen LogP contribution in [0.3, 0.4) is 0 Å². The molecule has 7 heteroatoms. The van der Waals surface area contributed by atoms with Crippen molar-refractivity contribution >= 4 is 17.9 Å². The Morgan fingerprint density at radius 2 is 1.96 bits per heavy atom. The smallest absolute Gasteiger partial charge is 0.407 e. The third kappa shape index (κ3) is 6.31. The summed E-state index contributed by atoms with van der Waals surface area (Å²) in [6, 6.07) is 12.1. The topological polar surface area (TPSA) is 75.6 Å². The first-order valence-corrected chi connectivity index (χ1v) is 9.70. The summed E-state index contributed by atoms with van der Waals surface area (Å²) in [5.74, 6) is 0.830. The predicted molar refractivity (Wildman–Crippen MR) is 102 cm³/mol. The average Bonchev–Trinajstić information content (AvgIpc) is 2.67. The third-order valence-corrected chi connectivity index (χ3v) is 4.80. The number of fused-ring (bicyclic) bond motifs is 1. The monoisotopic (exact) mass is 375 g/mol. The molecule has 0 spiro atoms. The van der Waals surface area contributed by atoms with Gasteiger partial charge in [0.05, 0.1) is 12.2 Å². The van der Waals surface area contributed by atoms with E-state index in [9.17, 15) is 4.79 Å². The van der Waals surface area contributed by atoms with Gasteiger partial charge in [0.2, 0.25) is 0 Å². The van der Waals surface area contributed by atoms with Crippen molar-refractivity contribution in [2.75, 3.05) is 19.8 Å². The Morgan fingerprint density at radius 3 is 2.58 bits per heavy atom. The van der Waals surface area contributed by atoms with E-state index in [2.05, 4.69) is 22.3 Å². The van der Waals surface area contributed by atoms with Crippen LogP contribution in [-0.4, -0.2) is 46.1 Å². The highest BCUT2D eigenvalue weighted by Gasteiger charge is 2.21. The van der Waals surface area contributed by atoms with Crippen LogP contribution in [0.5, 0.6) is 0 Å². The molecule has 1 aromatic heterocycles. The maximum absolute atomic E-state index is 11.0. The van der Waals surface area contributed by atoms with Gasteiger partial charge in [-0.05, 0) is 31.0 Å². The van der Waals surface area contributed by atoms with Crippen molar-refractivity contribution in [3.8, 4) is 0 Å². The minimum absolute atomic E-state index is 0.402. The Kier molecular flexibility index (Phi) is 8.37. The second kappa shape index (κ2) is 10.8. The Bertz CT molecular complexity index is 696. The maximum Gasteiger partial charge on any atom is 0.407 e. The average molecular weight is 375 g/mol. The van der Waals surface area contributed by atoms with E-state index >= 15 is 0 Å². The Balaban J connectivity index is 0.000000431. The van der Waals surface area contributed by atoms with Gasteiger partial charge in [0.25, 0.3) is 0 Å². The van der Waals surface area contributed by atoms with E-state index in [1.54, 1.807) is 11.8 Å². The molecule has 3 rings (SSSR count). The quantitative estimate of drug-likeness (QED) is 0.800. The van der Waals surface area contributed by atoms with Gasteiger partial charge < -0.3 is 14.7 Å². The van der Waals surface area contributed by atoms with E-state index in [0.29, 0.717) is 19.5 Å². The fourth-order valence-corrected chi connectivity index (χ4v) is 3.31. The minimum atomic E-state index is -0.879. The molecule has 6 nitrogen and oxygen atoms in total. The summed E-state index contributed by atoms with van der Waals surface area (Å²) in [7, 11) is 0. The summed E-state index contributed by atoms with van der Waals surface area (Å²) in [5.41, 5.74) is 3.11. The van der Waals surface area contributed by atoms with Crippen molar-refractivity contribution in [3.63, 3.8) is 0 Å². The molecule has 0 atom stereocenters. The molecule has 26 heavy (non-hydrogen) atoms. The van der Waals surface area contributed by atoms with E-state index < -0.39 is 6.09 Å². The molecule has 1 N–H and O–H groups in total. The van der Waals surface area contributed by atoms with Gasteiger partial charge in [-0.25, -0.2) is 4.79 Å². The van der Waals surface area contributed by atoms with Crippen LogP contribution in [0.15, 0.2) is 41.4 Å². The lowest BCUT2D eigenvalue weighted by Gasteiger charge is -2.25. The summed E-state index contributed by atoms with van der Waals surface area (Å²) in [6.07, 6.45) is -0.242. The van der Waals surface area contributed by atoms with E-state index in [1.807, 2.05) is 38.1 Å². The van der Waals surface area contributed by atoms with Gasteiger partial charge in [-0.15, -0.1) is 5.10 Å². The molecule has 2 heterocycles. The van der Waals surface area contributed by atoms with E-state index in [0.717, 1.165) is 35.2 Å². The molecule has 0 saturated carbocycles. The van der Waals surface area contributed by atoms with Crippen LogP contribution in [-0.2, 0) is 23.5 Å². The van der Waals surface area contributed by atoms with Crippen molar-refractivity contribution in [2.24, 2.45) is 0 Å². The zero-order valence-corrected chi connectivity index (χ0v) is 16.0. The first kappa shape index (κ1) is 20.2. The number of ether oxygens (including phenoxy) is 1. The van der Waals surface area contributed by atoms with Gasteiger partial charge in [0.15, 0.2) is 0 Å². The second-order valence-electron chi connectivity index (χ2n) is 5.66. The molecule has 2 aromatic rings. The molecule has 0 fully saturated rings. The normalized spacial score (nSPS) is 12.8. The van der Waals surface area contributed by atoms with Crippen LogP contribution < -0.4 is 0 Å². The van der Waals surface area contributed by atoms with Crippen molar-refractivity contribution in [3.05, 3.63) is 53.2 Å². The molecule has 0 saturated heterocycles. The fourth-order valence-electron chi connectivity index (χ4n) is 2.48. The predicted octanol–water partition coefficient (Wildman–Crippen LogP) is 3.85. The van der Waals surface area contributed by atoms with Gasteiger partial charge in [-0.3, -0.25) is 0 Å². The van der Waals surface area contributed by atoms with Crippen LogP contribution in [0.4, 0.5) is 4.79 Å². The largest absolute Gasteiger partial charge is 0.465 e. The van der Waals surface area contributed by atoms with Gasteiger partial charge in [-0.2, -0.15) is 5.10 Å². The maximum atomic E-state index is 11.0. The van der Waals surface area contributed by atoms with Crippen LogP contribution in [0, 0.1) is 0 Å². The van der Waals surface area contributed by atoms with Crippen LogP contribution in [0.1, 0.15) is 30.7 Å². The first-order chi connectivity index (χ1) is 12.6. The number of aromatic nitrogens is 2. The number of nitrogens with zero attached hydrogens (tertiary/aromatic N) is 3. The Labute approximate surface area is 158 Å². The van der Waals surface area contributed by atoms with Crippen molar-refractivity contribution in [2.45, 2.75) is 37.6 Å². The number of hydrogen-bond acceptors (Lipinski definition) is 5. The zero-order valence-electron chi connectivity index (χ0n) is 15.2. The Hall–Kier alpha value is -2.12. The van der Waals surface area contributed by atoms with Crippen molar-refractivity contribution < 1.29 is 14.6 Å². The Morgan fingerprint density at radius 1 is 1.23 bits per heavy atom. The zero-order chi connectivity index (χ0) is 18.8. The number of benzene rings is 1. The summed E-state index contributed by atoms with van der Waals surface area (Å²) in [4.78, 5) is 12.5. The lowest BCUT2D eigenvalue weighted by molar-refractivity contribution is 0.139. The molecular formula is C19H25N3O3S. The number of hydrogen-bond donors (Lipinski definition) is 1. The summed E-state index contributed by atoms with van der Waals surface area (Å²) < 4.78 is 4.83. The number of rotatable bonds is 5. The lowest BCUT2D eigenvalue weighted by Crippen LogP contribution is -2.35. The summed E-state index contributed by atoms with van der Waals surface area (Å²) >= 11 is 1.62. The van der Waals surface area contributed by atoms with Gasteiger partial charge in [0, 0.05) is 31.9 Å². The number of carboxylic acid groups (broad SMARTS) is 1. The number of amides is 1. The van der Waals surface area contributed by atoms with Crippen LogP contribution in [0.25, 0.3) is 0 Å². The second-order valence-corrected chi connectivity index (χ2v) is 6.66. The highest BCUT2D eigenvalue weighted by atomic mass is 32.2. The molecule has 1 aliphatic rings. The SMILES string of the molecule is CCOCC.O=C(O)N1CCc2nnc(SCc3ccccc3)cc2C1. The van der Waals surface area contributed by atoms with Crippen molar-refractivity contribution in [1.29, 1.82) is 0 Å². The molecule has 0 bridgehead atoms. The molecule has 0 unspecified atom stereocenters. The van der Waals surface area contributed by atoms with Gasteiger partial charge in [-0.1, -0.05) is 42.1 Å². The lowest BCUT2D eigenvalue weighted by atomic mass is 10.1. The standard InChI is InChI=1S/C15H15N3O2S.C4H10O/c19-15(20)18-7-6-13-12(9-18)8-14(17-16-13)21-10-11-4-2-1-3-5-11;1-3-5-4-2/h1-5,8H,6-7,9-10H2,(H,19,20);3-4H2,1-2H3. The highest BCUT2D eigenvalue weighted by molar-refractivity contribution is 7.98. The summed E-state index contributed by atoms with van der Waals surface area (Å²) in [5, 5.41) is 18.4. The molecule has 140 valence electrons. The van der Waals surface area contributed by atoms with Crippen LogP contribution in [0.2, 0.25) is 0 Å². The van der Waals surface area contributed by atoms with Crippen LogP contribution >= 0.6 is 11.8 Å². The van der Waals surface area contributed by atoms with Gasteiger partial charge in [0.1, 0.15) is 5.03 Å². The van der Waals surface area contributed by atoms with E-state index in [-0.39, 0.29) is 0 Å². The third-order valence-electron chi connectivity index (χ3n) is 3.83. The van der Waals surface area contributed by atoms with Crippen molar-refractivity contribution in [1.82, 2.24) is 15.1 Å².